The molecule has 1 radical (unpaired) electrons. The molecule has 6 aromatic heterocycles. The van der Waals surface area contributed by atoms with Gasteiger partial charge in [-0.15, -0.1) is 0 Å². The Balaban J connectivity index is 0.000000222. The Bertz CT molecular complexity index is 6890. The third kappa shape index (κ3) is 41.0. The van der Waals surface area contributed by atoms with Crippen LogP contribution in [0.1, 0.15) is 0 Å². The van der Waals surface area contributed by atoms with Crippen molar-refractivity contribution in [2.45, 2.75) is 19.6 Å². The molecule has 0 spiro atoms. The molecule has 4 aromatic carbocycles. The minimum atomic E-state index is -1.52. The molecule has 0 atom stereocenters. The van der Waals surface area contributed by atoms with E-state index in [1.54, 1.807) is 290 Å². The monoisotopic (exact) mass is 2380 g/mol. The van der Waals surface area contributed by atoms with Crippen molar-refractivity contribution in [1.29, 1.82) is 0 Å². The number of hydrogen-bond donors (Lipinski definition) is 1. The van der Waals surface area contributed by atoms with Crippen LogP contribution in [0.4, 0.5) is 0 Å². The van der Waals surface area contributed by atoms with E-state index < -0.39 is 8.07 Å². The Labute approximate surface area is 777 Å². The molecule has 0 fully saturated rings. The summed E-state index contributed by atoms with van der Waals surface area (Å²) in [6.07, 6.45) is 7.35. The van der Waals surface area contributed by atoms with Crippen molar-refractivity contribution in [3.8, 4) is 45.0 Å². The van der Waals surface area contributed by atoms with E-state index in [1.807, 2.05) is 135 Å². The van der Waals surface area contributed by atoms with Gasteiger partial charge in [0.25, 0.3) is 0 Å². The van der Waals surface area contributed by atoms with Crippen LogP contribution in [0.3, 0.4) is 0 Å². The molecule has 107 heavy (non-hydrogen) atoms. The standard InChI is InChI=1S/C26H23N3Si.C23H14BrN3.BHNS.S24.S23/c1-30(2,3)24-14-16-28-25-20(24)13-12-19-21(18-9-5-4-6-10-18)17-23(29-26(19)25)22-11-7-8-15-27-22;24-19-11-13-26-22-17(19)10-9-16-18(15-6-2-1-3-7-15)14-21(27-23(16)22)20-8-4-5-12-25-20;1-2-3;1-3-5-7-9-11-13-15-17-19-21-23-24-22-20-18-16-14-12-10-8-6-4-2;1-3-5-7-9-11-13-15-17-19-21-23-22-20-18-16-14-12-10-8-6-4-2/h4-17H,1-3H3;1-14H;3H;;. The molecule has 58 heteroatoms. The molecule has 571 valence electrons. The number of halogens is 1. The van der Waals surface area contributed by atoms with Gasteiger partial charge in [-0.25, -0.2) is 9.97 Å². The Hall–Kier alpha value is 4.07. The van der Waals surface area contributed by atoms with Crippen molar-refractivity contribution in [3.63, 3.8) is 0 Å². The van der Waals surface area contributed by atoms with Crippen LogP contribution in [0.5, 0.6) is 0 Å². The van der Waals surface area contributed by atoms with Crippen LogP contribution >= 0.6 is 28.7 Å². The summed E-state index contributed by atoms with van der Waals surface area (Å²) in [5, 5.41) is 5.89. The van der Waals surface area contributed by atoms with E-state index in [2.05, 4.69) is 166 Å². The first-order valence-electron chi connectivity index (χ1n) is 26.8. The fourth-order valence-corrected chi connectivity index (χ4v) is 117. The Morgan fingerprint density at radius 3 is 0.869 bits per heavy atom. The molecule has 10 aromatic rings. The van der Waals surface area contributed by atoms with Crippen molar-refractivity contribution in [1.82, 2.24) is 29.9 Å². The van der Waals surface area contributed by atoms with Crippen molar-refractivity contribution in [2.24, 2.45) is 4.30 Å². The summed E-state index contributed by atoms with van der Waals surface area (Å²) >= 11 is 25.9. The molecule has 0 bridgehead atoms. The first kappa shape index (κ1) is 99.9. The fraction of sp³-hybridized carbons (Fsp3) is 0.0612. The maximum absolute atomic E-state index is 5.07. The minimum absolute atomic E-state index is 0.844. The molecular formula is C49H38BBrN7S48Si. The van der Waals surface area contributed by atoms with Gasteiger partial charge in [0, 0.05) is 477 Å². The van der Waals surface area contributed by atoms with Crippen molar-refractivity contribution >= 4 is 520 Å². The van der Waals surface area contributed by atoms with Crippen molar-refractivity contribution in [3.05, 3.63) is 175 Å². The molecule has 10 rings (SSSR count). The second kappa shape index (κ2) is 64.9. The van der Waals surface area contributed by atoms with Gasteiger partial charge < -0.3 is 0 Å². The summed E-state index contributed by atoms with van der Waals surface area (Å²) in [6.45, 7) is 7.12. The fourth-order valence-electron chi connectivity index (χ4n) is 7.87. The van der Waals surface area contributed by atoms with Gasteiger partial charge in [-0.2, -0.15) is 0 Å². The Kier molecular flexibility index (Phi) is 60.6. The number of nitrogens with zero attached hydrogens (tertiary/aromatic N) is 7. The Morgan fingerprint density at radius 1 is 0.308 bits per heavy atom. The number of thiol groups is 1. The van der Waals surface area contributed by atoms with Gasteiger partial charge in [-0.3, -0.25) is 19.9 Å². The number of hydrogen-bond acceptors (Lipinski definition) is 12. The molecule has 7 nitrogen and oxygen atoms in total. The normalized spacial score (nSPS) is 9.53. The van der Waals surface area contributed by atoms with Gasteiger partial charge in [-0.1, -0.05) is 133 Å². The van der Waals surface area contributed by atoms with Gasteiger partial charge in [-0.05, 0) is 76.0 Å². The molecular weight excluding hydrogens is 2340 g/mol. The maximum atomic E-state index is 5.07. The number of rotatable bonds is 5. The molecule has 6 heterocycles. The second-order valence-corrected chi connectivity index (χ2v) is 100. The number of aromatic nitrogens is 6. The van der Waals surface area contributed by atoms with Gasteiger partial charge in [0.15, 0.2) is 0 Å². The van der Waals surface area contributed by atoms with E-state index in [9.17, 15) is 0 Å². The molecule has 0 amide bonds. The summed E-state index contributed by atoms with van der Waals surface area (Å²) in [4.78, 5) is 28.5. The van der Waals surface area contributed by atoms with E-state index in [4.69, 9.17) is 59.7 Å². The van der Waals surface area contributed by atoms with Crippen LogP contribution in [0.25, 0.3) is 88.6 Å². The van der Waals surface area contributed by atoms with Crippen molar-refractivity contribution in [2.75, 3.05) is 0 Å². The zero-order chi connectivity index (χ0) is 76.0. The van der Waals surface area contributed by atoms with Crippen LogP contribution in [0.15, 0.2) is 179 Å². The van der Waals surface area contributed by atoms with E-state index >= 15 is 0 Å². The number of benzene rings is 4. The average Bonchev–Trinajstić information content (AvgIpc) is 0.782. The van der Waals surface area contributed by atoms with Gasteiger partial charge in [0.2, 0.25) is 0 Å². The van der Waals surface area contributed by atoms with Crippen LogP contribution < -0.4 is 5.19 Å². The number of pyridine rings is 6. The topological polar surface area (TPSA) is 89.7 Å². The first-order chi connectivity index (χ1) is 52.6. The van der Waals surface area contributed by atoms with Gasteiger partial charge in [0.1, 0.15) is 0 Å². The predicted molar refractivity (Wildman–Crippen MR) is 605 cm³/mol. The summed E-state index contributed by atoms with van der Waals surface area (Å²) in [5.74, 6) is 0. The summed E-state index contributed by atoms with van der Waals surface area (Å²) in [6, 6.07) is 49.7. The molecule has 0 aliphatic rings. The Morgan fingerprint density at radius 2 is 0.579 bits per heavy atom. The second-order valence-electron chi connectivity index (χ2n) is 17.9. The number of fused-ring (bicyclic) bond motifs is 6. The zero-order valence-corrected chi connectivity index (χ0v) is 94.2. The van der Waals surface area contributed by atoms with Gasteiger partial charge in [0.05, 0.1) is 52.9 Å². The average molecular weight is 2380 g/mol. The van der Waals surface area contributed by atoms with E-state index in [0.717, 1.165) is 82.2 Å². The van der Waals surface area contributed by atoms with Crippen LogP contribution in [-0.2, 0) is 427 Å². The quantitative estimate of drug-likeness (QED) is 0.102. The van der Waals surface area contributed by atoms with Crippen LogP contribution in [0, 0.1) is 0 Å². The molecule has 0 aliphatic carbocycles. The first-order valence-corrected chi connectivity index (χ1v) is 91.5. The summed E-state index contributed by atoms with van der Waals surface area (Å²) in [7, 11) is 77.2. The zero-order valence-electron chi connectivity index (χ0n) is 52.4. The molecule has 0 saturated carbocycles. The summed E-state index contributed by atoms with van der Waals surface area (Å²) in [5.41, 5.74) is 11.7. The molecule has 0 aliphatic heterocycles. The third-order valence-corrected chi connectivity index (χ3v) is 105. The SMILES string of the molecule is Brc1ccnc2c1ccc1c(-c3ccccc3)cc(-c3ccccn3)nc12.C[Si](C)(C)c1ccnc2c1ccc1c(-c3ccccc3)cc(-c3ccccn3)nc12.S=S=S=S=S=S=S=S=S=S=S=S=S=S=S=S=S=S=S=S=S=S=S.S=S=S=S=S=S=S=S=S=S=S=S=S=S=S=S=S=S=S=S=S=S=S=S.[B]=NS. The van der Waals surface area contributed by atoms with Crippen molar-refractivity contribution < 1.29 is 0 Å². The molecule has 0 unspecified atom stereocenters. The van der Waals surface area contributed by atoms with Crippen LogP contribution in [-0.4, -0.2) is 45.6 Å². The molecule has 0 saturated heterocycles. The summed E-state index contributed by atoms with van der Waals surface area (Å²) < 4.78 is 3.71. The van der Waals surface area contributed by atoms with Crippen LogP contribution in [0.2, 0.25) is 19.6 Å². The van der Waals surface area contributed by atoms with E-state index in [0.29, 0.717) is 0 Å². The predicted octanol–water partition coefficient (Wildman–Crippen LogP) is 12.4. The van der Waals surface area contributed by atoms with Gasteiger partial charge >= 0.3 is 24.8 Å². The third-order valence-electron chi connectivity index (χ3n) is 11.3. The van der Waals surface area contributed by atoms with E-state index in [-0.39, 0.29) is 0 Å². The molecule has 0 N–H and O–H groups in total. The van der Waals surface area contributed by atoms with E-state index in [1.165, 1.54) is 51.7 Å².